The largest absolute Gasteiger partial charge is 0.378 e. The predicted molar refractivity (Wildman–Crippen MR) is 85.1 cm³/mol. The van der Waals surface area contributed by atoms with Crippen LogP contribution in [0.5, 0.6) is 0 Å². The molecule has 0 amide bonds. The number of morpholine rings is 1. The lowest BCUT2D eigenvalue weighted by Gasteiger charge is -2.36. The minimum atomic E-state index is -0.0655. The van der Waals surface area contributed by atoms with Crippen molar-refractivity contribution in [3.63, 3.8) is 0 Å². The van der Waals surface area contributed by atoms with Crippen molar-refractivity contribution in [1.29, 1.82) is 0 Å². The van der Waals surface area contributed by atoms with Gasteiger partial charge in [-0.05, 0) is 24.5 Å². The molecule has 0 aliphatic carbocycles. The molecule has 6 nitrogen and oxygen atoms in total. The summed E-state index contributed by atoms with van der Waals surface area (Å²) in [6, 6.07) is 6.05. The van der Waals surface area contributed by atoms with Crippen molar-refractivity contribution in [2.75, 3.05) is 26.3 Å². The highest BCUT2D eigenvalue weighted by atomic mass is 16.5. The standard InChI is InChI=1S/C16H24N4O2/c1-13(2)11-14-12-22-10-9-18(14)7-8-20-16(21)19-6-4-3-5-15(19)17-20/h3-6,13-14H,7-12H2,1-2H3/t14-/m0/s1. The molecule has 1 fully saturated rings. The molecule has 3 heterocycles. The molecule has 22 heavy (non-hydrogen) atoms. The zero-order valence-electron chi connectivity index (χ0n) is 13.3. The molecule has 0 unspecified atom stereocenters. The number of aromatic nitrogens is 3. The van der Waals surface area contributed by atoms with Gasteiger partial charge in [0, 0.05) is 25.3 Å². The molecule has 0 aromatic carbocycles. The zero-order chi connectivity index (χ0) is 15.5. The van der Waals surface area contributed by atoms with Crippen molar-refractivity contribution < 1.29 is 4.74 Å². The normalized spacial score (nSPS) is 20.0. The molecule has 6 heteroatoms. The van der Waals surface area contributed by atoms with Gasteiger partial charge in [-0.3, -0.25) is 9.30 Å². The predicted octanol–water partition coefficient (Wildman–Crippen LogP) is 1.24. The lowest BCUT2D eigenvalue weighted by molar-refractivity contribution is -0.0162. The van der Waals surface area contributed by atoms with E-state index >= 15 is 0 Å². The van der Waals surface area contributed by atoms with Crippen LogP contribution < -0.4 is 5.69 Å². The third-order valence-corrected chi connectivity index (χ3v) is 4.18. The Hall–Kier alpha value is -1.66. The maximum atomic E-state index is 12.3. The van der Waals surface area contributed by atoms with Crippen molar-refractivity contribution in [2.24, 2.45) is 5.92 Å². The van der Waals surface area contributed by atoms with Gasteiger partial charge in [0.1, 0.15) is 0 Å². The monoisotopic (exact) mass is 304 g/mol. The first-order valence-electron chi connectivity index (χ1n) is 8.01. The fourth-order valence-electron chi connectivity index (χ4n) is 3.08. The van der Waals surface area contributed by atoms with Gasteiger partial charge in [0.05, 0.1) is 19.8 Å². The Morgan fingerprint density at radius 1 is 1.36 bits per heavy atom. The first-order valence-corrected chi connectivity index (χ1v) is 8.01. The third kappa shape index (κ3) is 3.23. The van der Waals surface area contributed by atoms with E-state index in [9.17, 15) is 4.79 Å². The first kappa shape index (κ1) is 15.2. The van der Waals surface area contributed by atoms with Gasteiger partial charge in [-0.25, -0.2) is 9.48 Å². The lowest BCUT2D eigenvalue weighted by Crippen LogP contribution is -2.47. The van der Waals surface area contributed by atoms with E-state index in [0.717, 1.165) is 32.7 Å². The number of fused-ring (bicyclic) bond motifs is 1. The number of rotatable bonds is 5. The van der Waals surface area contributed by atoms with Gasteiger partial charge in [-0.2, -0.15) is 0 Å². The molecule has 120 valence electrons. The summed E-state index contributed by atoms with van der Waals surface area (Å²) in [7, 11) is 0. The number of pyridine rings is 1. The summed E-state index contributed by atoms with van der Waals surface area (Å²) < 4.78 is 8.76. The molecule has 0 radical (unpaired) electrons. The quantitative estimate of drug-likeness (QED) is 0.834. The van der Waals surface area contributed by atoms with Crippen molar-refractivity contribution in [3.8, 4) is 0 Å². The summed E-state index contributed by atoms with van der Waals surface area (Å²) >= 11 is 0. The molecular formula is C16H24N4O2. The van der Waals surface area contributed by atoms with Crippen LogP contribution in [0.1, 0.15) is 20.3 Å². The molecule has 0 saturated carbocycles. The number of hydrogen-bond donors (Lipinski definition) is 0. The van der Waals surface area contributed by atoms with E-state index in [4.69, 9.17) is 4.74 Å². The molecular weight excluding hydrogens is 280 g/mol. The fourth-order valence-corrected chi connectivity index (χ4v) is 3.08. The molecule has 3 rings (SSSR count). The van der Waals surface area contributed by atoms with Crippen molar-refractivity contribution in [1.82, 2.24) is 19.1 Å². The molecule has 1 saturated heterocycles. The Labute approximate surface area is 130 Å². The summed E-state index contributed by atoms with van der Waals surface area (Å²) in [5.41, 5.74) is 0.637. The summed E-state index contributed by atoms with van der Waals surface area (Å²) in [5, 5.41) is 4.39. The SMILES string of the molecule is CC(C)C[C@H]1COCCN1CCn1nc2ccccn2c1=O. The highest BCUT2D eigenvalue weighted by molar-refractivity contribution is 5.35. The van der Waals surface area contributed by atoms with Gasteiger partial charge in [0.25, 0.3) is 0 Å². The van der Waals surface area contributed by atoms with Crippen molar-refractivity contribution in [2.45, 2.75) is 32.9 Å². The molecule has 1 aliphatic rings. The van der Waals surface area contributed by atoms with Gasteiger partial charge in [-0.15, -0.1) is 5.10 Å². The van der Waals surface area contributed by atoms with Crippen LogP contribution in [0.25, 0.3) is 5.65 Å². The topological polar surface area (TPSA) is 51.8 Å². The van der Waals surface area contributed by atoms with E-state index < -0.39 is 0 Å². The third-order valence-electron chi connectivity index (χ3n) is 4.18. The van der Waals surface area contributed by atoms with Crippen LogP contribution in [-0.2, 0) is 11.3 Å². The van der Waals surface area contributed by atoms with E-state index in [2.05, 4.69) is 23.8 Å². The lowest BCUT2D eigenvalue weighted by atomic mass is 10.0. The Morgan fingerprint density at radius 3 is 3.00 bits per heavy atom. The highest BCUT2D eigenvalue weighted by Crippen LogP contribution is 2.15. The maximum absolute atomic E-state index is 12.3. The van der Waals surface area contributed by atoms with Gasteiger partial charge < -0.3 is 4.74 Å². The van der Waals surface area contributed by atoms with Gasteiger partial charge in [0.2, 0.25) is 0 Å². The molecule has 2 aromatic rings. The number of nitrogens with zero attached hydrogens (tertiary/aromatic N) is 4. The van der Waals surface area contributed by atoms with E-state index in [1.807, 2.05) is 18.2 Å². The van der Waals surface area contributed by atoms with Gasteiger partial charge >= 0.3 is 5.69 Å². The highest BCUT2D eigenvalue weighted by Gasteiger charge is 2.23. The molecule has 0 spiro atoms. The fraction of sp³-hybridized carbons (Fsp3) is 0.625. The van der Waals surface area contributed by atoms with Crippen LogP contribution in [0.2, 0.25) is 0 Å². The van der Waals surface area contributed by atoms with E-state index in [0.29, 0.717) is 24.2 Å². The minimum absolute atomic E-state index is 0.0655. The van der Waals surface area contributed by atoms with E-state index in [1.165, 1.54) is 0 Å². The van der Waals surface area contributed by atoms with Crippen molar-refractivity contribution in [3.05, 3.63) is 34.9 Å². The Bertz CT molecular complexity index is 676. The summed E-state index contributed by atoms with van der Waals surface area (Å²) in [5.74, 6) is 0.645. The number of ether oxygens (including phenoxy) is 1. The van der Waals surface area contributed by atoms with Crippen LogP contribution >= 0.6 is 0 Å². The van der Waals surface area contributed by atoms with Crippen LogP contribution in [0, 0.1) is 5.92 Å². The minimum Gasteiger partial charge on any atom is -0.378 e. The average molecular weight is 304 g/mol. The van der Waals surface area contributed by atoms with Crippen LogP contribution in [0.15, 0.2) is 29.2 Å². The molecule has 0 bridgehead atoms. The molecule has 0 N–H and O–H groups in total. The second-order valence-electron chi connectivity index (χ2n) is 6.33. The Morgan fingerprint density at radius 2 is 2.23 bits per heavy atom. The maximum Gasteiger partial charge on any atom is 0.350 e. The zero-order valence-corrected chi connectivity index (χ0v) is 13.3. The molecule has 2 aromatic heterocycles. The van der Waals surface area contributed by atoms with Crippen LogP contribution in [-0.4, -0.2) is 51.4 Å². The van der Waals surface area contributed by atoms with Gasteiger partial charge in [0.15, 0.2) is 5.65 Å². The Kier molecular flexibility index (Phi) is 4.59. The van der Waals surface area contributed by atoms with Crippen LogP contribution in [0.3, 0.4) is 0 Å². The smallest absolute Gasteiger partial charge is 0.350 e. The second kappa shape index (κ2) is 6.62. The van der Waals surface area contributed by atoms with Gasteiger partial charge in [-0.1, -0.05) is 19.9 Å². The average Bonchev–Trinajstić information content (AvgIpc) is 2.83. The van der Waals surface area contributed by atoms with E-state index in [1.54, 1.807) is 15.3 Å². The summed E-state index contributed by atoms with van der Waals surface area (Å²) in [4.78, 5) is 14.7. The summed E-state index contributed by atoms with van der Waals surface area (Å²) in [6.45, 7) is 8.42. The molecule has 1 aliphatic heterocycles. The second-order valence-corrected chi connectivity index (χ2v) is 6.33. The first-order chi connectivity index (χ1) is 10.6. The van der Waals surface area contributed by atoms with Crippen molar-refractivity contribution >= 4 is 5.65 Å². The van der Waals surface area contributed by atoms with Crippen LogP contribution in [0.4, 0.5) is 0 Å². The molecule has 1 atom stereocenters. The van der Waals surface area contributed by atoms with E-state index in [-0.39, 0.29) is 5.69 Å². The number of hydrogen-bond acceptors (Lipinski definition) is 4. The summed E-state index contributed by atoms with van der Waals surface area (Å²) in [6.07, 6.45) is 2.89. The Balaban J connectivity index is 1.69.